The SMILES string of the molecule is COc1cccc([N+](=O)[O-])c1C=CCCCl. The molecule has 1 rings (SSSR count). The predicted octanol–water partition coefficient (Wildman–Crippen LogP) is 3.25. The molecule has 0 unspecified atom stereocenters. The summed E-state index contributed by atoms with van der Waals surface area (Å²) in [6, 6.07) is 4.73. The van der Waals surface area contributed by atoms with Crippen LogP contribution >= 0.6 is 11.6 Å². The van der Waals surface area contributed by atoms with E-state index in [1.807, 2.05) is 0 Å². The van der Waals surface area contributed by atoms with Gasteiger partial charge in [0.05, 0.1) is 17.6 Å². The van der Waals surface area contributed by atoms with Crippen LogP contribution in [0.4, 0.5) is 5.69 Å². The Kier molecular flexibility index (Phi) is 4.79. The largest absolute Gasteiger partial charge is 0.496 e. The zero-order valence-electron chi connectivity index (χ0n) is 8.85. The van der Waals surface area contributed by atoms with Crippen molar-refractivity contribution in [3.8, 4) is 5.75 Å². The van der Waals surface area contributed by atoms with Crippen LogP contribution in [0.1, 0.15) is 12.0 Å². The van der Waals surface area contributed by atoms with Crippen molar-refractivity contribution in [3.63, 3.8) is 0 Å². The lowest BCUT2D eigenvalue weighted by Gasteiger charge is -2.04. The molecule has 0 spiro atoms. The van der Waals surface area contributed by atoms with Gasteiger partial charge >= 0.3 is 0 Å². The van der Waals surface area contributed by atoms with Gasteiger partial charge in [-0.05, 0) is 18.6 Å². The van der Waals surface area contributed by atoms with E-state index < -0.39 is 4.92 Å². The first-order chi connectivity index (χ1) is 7.70. The van der Waals surface area contributed by atoms with Crippen molar-refractivity contribution in [2.24, 2.45) is 0 Å². The van der Waals surface area contributed by atoms with Crippen LogP contribution < -0.4 is 4.74 Å². The second kappa shape index (κ2) is 6.12. The number of methoxy groups -OCH3 is 1. The zero-order chi connectivity index (χ0) is 12.0. The van der Waals surface area contributed by atoms with Gasteiger partial charge in [0.2, 0.25) is 0 Å². The number of allylic oxidation sites excluding steroid dienone is 1. The molecule has 0 saturated carbocycles. The molecule has 0 N–H and O–H groups in total. The fraction of sp³-hybridized carbons (Fsp3) is 0.273. The number of benzene rings is 1. The highest BCUT2D eigenvalue weighted by Crippen LogP contribution is 2.29. The standard InChI is InChI=1S/C11H12ClNO3/c1-16-11-7-4-6-10(13(14)15)9(11)5-2-3-8-12/h2,4-7H,3,8H2,1H3. The Morgan fingerprint density at radius 1 is 1.56 bits per heavy atom. The third-order valence-electron chi connectivity index (χ3n) is 2.02. The van der Waals surface area contributed by atoms with Crippen LogP contribution in [0.3, 0.4) is 0 Å². The maximum absolute atomic E-state index is 10.8. The van der Waals surface area contributed by atoms with E-state index in [-0.39, 0.29) is 5.69 Å². The summed E-state index contributed by atoms with van der Waals surface area (Å²) >= 11 is 5.53. The van der Waals surface area contributed by atoms with Crippen LogP contribution in [0.25, 0.3) is 6.08 Å². The van der Waals surface area contributed by atoms with Gasteiger partial charge in [-0.25, -0.2) is 0 Å². The van der Waals surface area contributed by atoms with Crippen molar-refractivity contribution in [1.29, 1.82) is 0 Å². The average Bonchev–Trinajstić information content (AvgIpc) is 2.29. The quantitative estimate of drug-likeness (QED) is 0.452. The van der Waals surface area contributed by atoms with Gasteiger partial charge in [0.1, 0.15) is 5.75 Å². The van der Waals surface area contributed by atoms with E-state index in [4.69, 9.17) is 16.3 Å². The molecule has 1 aromatic carbocycles. The van der Waals surface area contributed by atoms with Crippen LogP contribution in [-0.2, 0) is 0 Å². The molecule has 0 aliphatic heterocycles. The van der Waals surface area contributed by atoms with Crippen molar-refractivity contribution in [3.05, 3.63) is 40.0 Å². The van der Waals surface area contributed by atoms with Crippen molar-refractivity contribution < 1.29 is 9.66 Å². The summed E-state index contributed by atoms with van der Waals surface area (Å²) in [6.45, 7) is 0. The number of rotatable bonds is 5. The molecule has 0 fully saturated rings. The van der Waals surface area contributed by atoms with E-state index in [1.165, 1.54) is 13.2 Å². The van der Waals surface area contributed by atoms with E-state index >= 15 is 0 Å². The number of hydrogen-bond donors (Lipinski definition) is 0. The monoisotopic (exact) mass is 241 g/mol. The molecule has 0 atom stereocenters. The van der Waals surface area contributed by atoms with Crippen molar-refractivity contribution in [2.75, 3.05) is 13.0 Å². The molecule has 0 amide bonds. The third kappa shape index (κ3) is 2.97. The summed E-state index contributed by atoms with van der Waals surface area (Å²) in [5.74, 6) is 0.972. The lowest BCUT2D eigenvalue weighted by Crippen LogP contribution is -1.94. The van der Waals surface area contributed by atoms with Gasteiger partial charge < -0.3 is 4.74 Å². The molecule has 0 heterocycles. The van der Waals surface area contributed by atoms with Gasteiger partial charge in [0, 0.05) is 11.9 Å². The summed E-state index contributed by atoms with van der Waals surface area (Å²) in [5.41, 5.74) is 0.505. The fourth-order valence-electron chi connectivity index (χ4n) is 1.30. The summed E-state index contributed by atoms with van der Waals surface area (Å²) in [4.78, 5) is 10.4. The maximum Gasteiger partial charge on any atom is 0.280 e. The van der Waals surface area contributed by atoms with Crippen LogP contribution in [0.15, 0.2) is 24.3 Å². The Balaban J connectivity index is 3.14. The van der Waals surface area contributed by atoms with Crippen LogP contribution in [-0.4, -0.2) is 17.9 Å². The molecular weight excluding hydrogens is 230 g/mol. The molecule has 1 aromatic rings. The first kappa shape index (κ1) is 12.5. The maximum atomic E-state index is 10.8. The van der Waals surface area contributed by atoms with Crippen LogP contribution in [0.5, 0.6) is 5.75 Å². The first-order valence-electron chi connectivity index (χ1n) is 4.74. The number of alkyl halides is 1. The van der Waals surface area contributed by atoms with E-state index in [0.29, 0.717) is 23.6 Å². The third-order valence-corrected chi connectivity index (χ3v) is 2.24. The van der Waals surface area contributed by atoms with Crippen LogP contribution in [0.2, 0.25) is 0 Å². The zero-order valence-corrected chi connectivity index (χ0v) is 9.61. The summed E-state index contributed by atoms with van der Waals surface area (Å²) in [6.07, 6.45) is 4.12. The molecular formula is C11H12ClNO3. The molecule has 0 aliphatic carbocycles. The summed E-state index contributed by atoms with van der Waals surface area (Å²) in [5, 5.41) is 10.8. The van der Waals surface area contributed by atoms with Crippen molar-refractivity contribution in [1.82, 2.24) is 0 Å². The Morgan fingerprint density at radius 2 is 2.31 bits per heavy atom. The van der Waals surface area contributed by atoms with Gasteiger partial charge in [0.15, 0.2) is 0 Å². The highest BCUT2D eigenvalue weighted by atomic mass is 35.5. The smallest absolute Gasteiger partial charge is 0.280 e. The van der Waals surface area contributed by atoms with Gasteiger partial charge in [-0.2, -0.15) is 0 Å². The van der Waals surface area contributed by atoms with Gasteiger partial charge in [-0.3, -0.25) is 10.1 Å². The number of nitro benzene ring substituents is 1. The number of hydrogen-bond acceptors (Lipinski definition) is 3. The number of halogens is 1. The molecule has 5 heteroatoms. The predicted molar refractivity (Wildman–Crippen MR) is 64.0 cm³/mol. The summed E-state index contributed by atoms with van der Waals surface area (Å²) < 4.78 is 5.08. The van der Waals surface area contributed by atoms with E-state index in [1.54, 1.807) is 24.3 Å². The number of ether oxygens (including phenoxy) is 1. The molecule has 86 valence electrons. The van der Waals surface area contributed by atoms with E-state index in [9.17, 15) is 10.1 Å². The molecule has 0 saturated heterocycles. The second-order valence-electron chi connectivity index (χ2n) is 3.03. The van der Waals surface area contributed by atoms with E-state index in [2.05, 4.69) is 0 Å². The molecule has 0 aromatic heterocycles. The topological polar surface area (TPSA) is 52.4 Å². The normalized spacial score (nSPS) is 10.6. The fourth-order valence-corrected chi connectivity index (χ4v) is 1.43. The lowest BCUT2D eigenvalue weighted by molar-refractivity contribution is -0.385. The van der Waals surface area contributed by atoms with Gasteiger partial charge in [-0.15, -0.1) is 11.6 Å². The van der Waals surface area contributed by atoms with Gasteiger partial charge in [-0.1, -0.05) is 12.1 Å². The number of nitro groups is 1. The number of nitrogens with zero attached hydrogens (tertiary/aromatic N) is 1. The Morgan fingerprint density at radius 3 is 2.88 bits per heavy atom. The Bertz CT molecular complexity index is 404. The van der Waals surface area contributed by atoms with E-state index in [0.717, 1.165) is 0 Å². The Labute approximate surface area is 98.6 Å². The highest BCUT2D eigenvalue weighted by Gasteiger charge is 2.15. The second-order valence-corrected chi connectivity index (χ2v) is 3.41. The lowest BCUT2D eigenvalue weighted by atomic mass is 10.1. The molecule has 4 nitrogen and oxygen atoms in total. The molecule has 0 radical (unpaired) electrons. The summed E-state index contributed by atoms with van der Waals surface area (Å²) in [7, 11) is 1.48. The molecule has 0 bridgehead atoms. The average molecular weight is 242 g/mol. The minimum atomic E-state index is -0.428. The Hall–Kier alpha value is -1.55. The highest BCUT2D eigenvalue weighted by molar-refractivity contribution is 6.17. The van der Waals surface area contributed by atoms with Crippen molar-refractivity contribution in [2.45, 2.75) is 6.42 Å². The van der Waals surface area contributed by atoms with Crippen LogP contribution in [0, 0.1) is 10.1 Å². The first-order valence-corrected chi connectivity index (χ1v) is 5.28. The molecule has 16 heavy (non-hydrogen) atoms. The molecule has 0 aliphatic rings. The minimum absolute atomic E-state index is 0.0326. The minimum Gasteiger partial charge on any atom is -0.496 e. The van der Waals surface area contributed by atoms with Gasteiger partial charge in [0.25, 0.3) is 5.69 Å². The van der Waals surface area contributed by atoms with Crippen molar-refractivity contribution >= 4 is 23.4 Å².